The predicted molar refractivity (Wildman–Crippen MR) is 85.6 cm³/mol. The second kappa shape index (κ2) is 5.99. The molecule has 0 N–H and O–H groups in total. The average molecular weight is 299 g/mol. The molecular weight excluding hydrogens is 274 g/mol. The molecule has 4 heterocycles. The zero-order valence-electron chi connectivity index (χ0n) is 13.2. The fourth-order valence-corrected chi connectivity index (χ4v) is 4.25. The molecule has 1 amide bonds. The maximum absolute atomic E-state index is 12.7. The van der Waals surface area contributed by atoms with E-state index >= 15 is 0 Å². The molecule has 118 valence electrons. The number of rotatable bonds is 3. The summed E-state index contributed by atoms with van der Waals surface area (Å²) >= 11 is 0. The van der Waals surface area contributed by atoms with E-state index < -0.39 is 0 Å². The molecule has 5 rings (SSSR count). The van der Waals surface area contributed by atoms with E-state index in [4.69, 9.17) is 0 Å². The summed E-state index contributed by atoms with van der Waals surface area (Å²) in [6.07, 6.45) is 10.2. The van der Waals surface area contributed by atoms with Gasteiger partial charge in [0.15, 0.2) is 0 Å². The monoisotopic (exact) mass is 299 g/mol. The highest BCUT2D eigenvalue weighted by Crippen LogP contribution is 2.33. The number of hydrogen-bond acceptors (Lipinski definition) is 3. The van der Waals surface area contributed by atoms with Crippen LogP contribution >= 0.6 is 0 Å². The van der Waals surface area contributed by atoms with Crippen LogP contribution in [0, 0.1) is 11.8 Å². The van der Waals surface area contributed by atoms with Crippen molar-refractivity contribution < 1.29 is 4.79 Å². The summed E-state index contributed by atoms with van der Waals surface area (Å²) in [4.78, 5) is 21.6. The summed E-state index contributed by atoms with van der Waals surface area (Å²) in [6.45, 7) is 4.29. The molecule has 1 aromatic rings. The zero-order valence-corrected chi connectivity index (χ0v) is 13.2. The van der Waals surface area contributed by atoms with Gasteiger partial charge in [-0.3, -0.25) is 14.7 Å². The van der Waals surface area contributed by atoms with Crippen LogP contribution in [-0.4, -0.2) is 52.9 Å². The fraction of sp³-hybridized carbons (Fsp3) is 0.667. The third kappa shape index (κ3) is 2.76. The quantitative estimate of drug-likeness (QED) is 0.860. The molecule has 0 radical (unpaired) electrons. The van der Waals surface area contributed by atoms with Crippen molar-refractivity contribution >= 4 is 5.91 Å². The first kappa shape index (κ1) is 14.2. The lowest BCUT2D eigenvalue weighted by Crippen LogP contribution is -2.47. The number of fused-ring (bicyclic) bond motifs is 4. The van der Waals surface area contributed by atoms with Crippen LogP contribution in [0.2, 0.25) is 0 Å². The number of carbonyl (C=O) groups excluding carboxylic acids is 1. The van der Waals surface area contributed by atoms with Crippen molar-refractivity contribution in [2.24, 2.45) is 11.8 Å². The van der Waals surface area contributed by atoms with Crippen molar-refractivity contribution in [1.29, 1.82) is 0 Å². The van der Waals surface area contributed by atoms with E-state index in [9.17, 15) is 4.79 Å². The Kier molecular flexibility index (Phi) is 3.87. The maximum Gasteiger partial charge on any atom is 0.254 e. The second-order valence-electron chi connectivity index (χ2n) is 7.29. The van der Waals surface area contributed by atoms with Crippen molar-refractivity contribution in [2.75, 3.05) is 26.2 Å². The van der Waals surface area contributed by atoms with E-state index in [1.54, 1.807) is 12.4 Å². The molecule has 1 aromatic heterocycles. The zero-order chi connectivity index (χ0) is 14.9. The molecule has 2 atom stereocenters. The van der Waals surface area contributed by atoms with E-state index in [0.29, 0.717) is 12.0 Å². The third-order valence-corrected chi connectivity index (χ3v) is 5.76. The second-order valence-corrected chi connectivity index (χ2v) is 7.29. The van der Waals surface area contributed by atoms with E-state index in [2.05, 4.69) is 14.8 Å². The minimum absolute atomic E-state index is 0.185. The standard InChI is InChI=1S/C18H25N3O/c22-18(16-6-8-19-9-7-16)21-12-15-4-5-17(13-21)20(11-15)10-14-2-1-3-14/h6-9,14-15,17H,1-5,10-13H2/t15-,17-/m0/s1. The van der Waals surface area contributed by atoms with Crippen molar-refractivity contribution in [3.63, 3.8) is 0 Å². The maximum atomic E-state index is 12.7. The molecule has 22 heavy (non-hydrogen) atoms. The van der Waals surface area contributed by atoms with E-state index in [1.807, 2.05) is 12.1 Å². The lowest BCUT2D eigenvalue weighted by molar-refractivity contribution is 0.0717. The molecule has 0 aromatic carbocycles. The largest absolute Gasteiger partial charge is 0.337 e. The van der Waals surface area contributed by atoms with Gasteiger partial charge in [-0.15, -0.1) is 0 Å². The number of piperidine rings is 1. The first-order chi connectivity index (χ1) is 10.8. The van der Waals surface area contributed by atoms with Gasteiger partial charge < -0.3 is 4.90 Å². The Morgan fingerprint density at radius 2 is 1.91 bits per heavy atom. The third-order valence-electron chi connectivity index (χ3n) is 5.76. The van der Waals surface area contributed by atoms with Gasteiger partial charge in [0, 0.05) is 50.2 Å². The molecule has 4 nitrogen and oxygen atoms in total. The fourth-order valence-electron chi connectivity index (χ4n) is 4.25. The minimum atomic E-state index is 0.185. The molecule has 1 aliphatic carbocycles. The number of carbonyl (C=O) groups is 1. The lowest BCUT2D eigenvalue weighted by Gasteiger charge is -2.40. The first-order valence-electron chi connectivity index (χ1n) is 8.73. The van der Waals surface area contributed by atoms with Crippen LogP contribution in [0.4, 0.5) is 0 Å². The highest BCUT2D eigenvalue weighted by Gasteiger charge is 2.37. The molecule has 4 fully saturated rings. The molecule has 3 saturated heterocycles. The van der Waals surface area contributed by atoms with Crippen LogP contribution in [0.5, 0.6) is 0 Å². The van der Waals surface area contributed by atoms with Gasteiger partial charge in [0.1, 0.15) is 0 Å². The Hall–Kier alpha value is -1.42. The molecular formula is C18H25N3O. The summed E-state index contributed by atoms with van der Waals surface area (Å²) in [5.41, 5.74) is 0.779. The van der Waals surface area contributed by atoms with Gasteiger partial charge in [-0.05, 0) is 49.7 Å². The van der Waals surface area contributed by atoms with Crippen molar-refractivity contribution in [3.8, 4) is 0 Å². The smallest absolute Gasteiger partial charge is 0.254 e. The summed E-state index contributed by atoms with van der Waals surface area (Å²) in [7, 11) is 0. The summed E-state index contributed by atoms with van der Waals surface area (Å²) < 4.78 is 0. The predicted octanol–water partition coefficient (Wildman–Crippen LogP) is 2.42. The molecule has 2 bridgehead atoms. The van der Waals surface area contributed by atoms with Gasteiger partial charge >= 0.3 is 0 Å². The summed E-state index contributed by atoms with van der Waals surface area (Å²) in [5, 5.41) is 0. The Balaban J connectivity index is 1.46. The Labute approximate surface area is 132 Å². The summed E-state index contributed by atoms with van der Waals surface area (Å²) in [5.74, 6) is 1.76. The van der Waals surface area contributed by atoms with E-state index in [1.165, 1.54) is 45.2 Å². The lowest BCUT2D eigenvalue weighted by atomic mass is 9.83. The SMILES string of the molecule is O=C(c1ccncc1)N1C[C@H]2CC[C@@H](C1)N(CC1CCC1)C2. The number of pyridine rings is 1. The van der Waals surface area contributed by atoms with Crippen LogP contribution in [-0.2, 0) is 0 Å². The van der Waals surface area contributed by atoms with Gasteiger partial charge in [-0.1, -0.05) is 6.42 Å². The Bertz CT molecular complexity index is 528. The molecule has 0 unspecified atom stereocenters. The minimum Gasteiger partial charge on any atom is -0.337 e. The normalized spacial score (nSPS) is 29.2. The highest BCUT2D eigenvalue weighted by atomic mass is 16.2. The van der Waals surface area contributed by atoms with Crippen LogP contribution in [0.3, 0.4) is 0 Å². The van der Waals surface area contributed by atoms with Gasteiger partial charge in [0.25, 0.3) is 5.91 Å². The Morgan fingerprint density at radius 3 is 2.64 bits per heavy atom. The summed E-state index contributed by atoms with van der Waals surface area (Å²) in [6, 6.07) is 4.24. The highest BCUT2D eigenvalue weighted by molar-refractivity contribution is 5.94. The van der Waals surface area contributed by atoms with Crippen molar-refractivity contribution in [1.82, 2.24) is 14.8 Å². The molecule has 3 aliphatic heterocycles. The van der Waals surface area contributed by atoms with Crippen molar-refractivity contribution in [3.05, 3.63) is 30.1 Å². The van der Waals surface area contributed by atoms with Gasteiger partial charge in [-0.2, -0.15) is 0 Å². The first-order valence-corrected chi connectivity index (χ1v) is 8.73. The van der Waals surface area contributed by atoms with Crippen LogP contribution in [0.15, 0.2) is 24.5 Å². The van der Waals surface area contributed by atoms with E-state index in [-0.39, 0.29) is 5.91 Å². The topological polar surface area (TPSA) is 36.4 Å². The number of nitrogens with zero attached hydrogens (tertiary/aromatic N) is 3. The van der Waals surface area contributed by atoms with E-state index in [0.717, 1.165) is 24.6 Å². The number of amides is 1. The van der Waals surface area contributed by atoms with Gasteiger partial charge in [0.05, 0.1) is 0 Å². The van der Waals surface area contributed by atoms with Gasteiger partial charge in [-0.25, -0.2) is 0 Å². The molecule has 4 heteroatoms. The van der Waals surface area contributed by atoms with Crippen LogP contribution < -0.4 is 0 Å². The van der Waals surface area contributed by atoms with Crippen molar-refractivity contribution in [2.45, 2.75) is 38.1 Å². The molecule has 1 saturated carbocycles. The van der Waals surface area contributed by atoms with Crippen LogP contribution in [0.1, 0.15) is 42.5 Å². The molecule has 4 aliphatic rings. The van der Waals surface area contributed by atoms with Crippen LogP contribution in [0.25, 0.3) is 0 Å². The number of hydrogen-bond donors (Lipinski definition) is 0. The Morgan fingerprint density at radius 1 is 1.09 bits per heavy atom. The average Bonchev–Trinajstić information content (AvgIpc) is 2.82. The number of aromatic nitrogens is 1. The molecule has 0 spiro atoms. The van der Waals surface area contributed by atoms with Gasteiger partial charge in [0.2, 0.25) is 0 Å².